The number of nitrogens with zero attached hydrogens (tertiary/aromatic N) is 2. The molecule has 220 valence electrons. The number of thiophene rings is 1. The van der Waals surface area contributed by atoms with Crippen molar-refractivity contribution in [3.05, 3.63) is 81.0 Å². The average Bonchev–Trinajstić information content (AvgIpc) is 3.60. The van der Waals surface area contributed by atoms with Crippen molar-refractivity contribution in [1.82, 2.24) is 9.80 Å². The lowest BCUT2D eigenvalue weighted by atomic mass is 10.0. The Kier molecular flexibility index (Phi) is 9.12. The highest BCUT2D eigenvalue weighted by atomic mass is 32.1. The molecule has 0 spiro atoms. The van der Waals surface area contributed by atoms with Gasteiger partial charge in [-0.25, -0.2) is 0 Å². The molecule has 4 rings (SSSR count). The molecule has 2 aromatic carbocycles. The van der Waals surface area contributed by atoms with E-state index in [0.29, 0.717) is 29.2 Å². The fourth-order valence-electron chi connectivity index (χ4n) is 4.06. The fourth-order valence-corrected chi connectivity index (χ4v) is 4.78. The van der Waals surface area contributed by atoms with Gasteiger partial charge in [-0.1, -0.05) is 12.1 Å². The number of amides is 2. The van der Waals surface area contributed by atoms with Crippen LogP contribution in [-0.4, -0.2) is 55.2 Å². The first kappa shape index (κ1) is 30.2. The number of carbonyl (C=O) groups is 2. The van der Waals surface area contributed by atoms with E-state index in [0.717, 1.165) is 9.78 Å². The highest BCUT2D eigenvalue weighted by Crippen LogP contribution is 2.37. The molecule has 3 aromatic rings. The number of halogens is 6. The predicted molar refractivity (Wildman–Crippen MR) is 135 cm³/mol. The van der Waals surface area contributed by atoms with Gasteiger partial charge in [0.05, 0.1) is 24.3 Å². The summed E-state index contributed by atoms with van der Waals surface area (Å²) >= 11 is 1.39. The summed E-state index contributed by atoms with van der Waals surface area (Å²) in [5.74, 6) is -0.719. The van der Waals surface area contributed by atoms with Crippen molar-refractivity contribution < 1.29 is 50.1 Å². The Morgan fingerprint density at radius 3 is 2.20 bits per heavy atom. The maximum absolute atomic E-state index is 13.5. The molecule has 1 aliphatic rings. The van der Waals surface area contributed by atoms with Gasteiger partial charge in [-0.2, -0.15) is 26.3 Å². The zero-order valence-electron chi connectivity index (χ0n) is 21.6. The van der Waals surface area contributed by atoms with Crippen LogP contribution in [0.5, 0.6) is 11.5 Å². The van der Waals surface area contributed by atoms with Crippen LogP contribution < -0.4 is 9.47 Å². The summed E-state index contributed by atoms with van der Waals surface area (Å²) in [7, 11) is 1.30. The second kappa shape index (κ2) is 12.4. The van der Waals surface area contributed by atoms with Gasteiger partial charge in [-0.15, -0.1) is 11.3 Å². The quantitative estimate of drug-likeness (QED) is 0.273. The van der Waals surface area contributed by atoms with Gasteiger partial charge in [0.1, 0.15) is 6.54 Å². The number of hydrogen-bond donors (Lipinski definition) is 0. The second-order valence-electron chi connectivity index (χ2n) is 9.03. The zero-order valence-corrected chi connectivity index (χ0v) is 22.4. The van der Waals surface area contributed by atoms with Crippen LogP contribution in [0.25, 0.3) is 0 Å². The van der Waals surface area contributed by atoms with Gasteiger partial charge in [-0.05, 0) is 47.3 Å². The van der Waals surface area contributed by atoms with E-state index >= 15 is 0 Å². The molecule has 0 aliphatic carbocycles. The van der Waals surface area contributed by atoms with Gasteiger partial charge in [0.25, 0.3) is 5.91 Å². The zero-order chi connectivity index (χ0) is 29.8. The summed E-state index contributed by atoms with van der Waals surface area (Å²) < 4.78 is 96.1. The number of rotatable bonds is 10. The minimum atomic E-state index is -5.13. The first-order chi connectivity index (χ1) is 19.3. The van der Waals surface area contributed by atoms with Crippen LogP contribution in [0, 0.1) is 0 Å². The first-order valence-corrected chi connectivity index (χ1v) is 13.0. The van der Waals surface area contributed by atoms with Crippen molar-refractivity contribution in [1.29, 1.82) is 0 Å². The molecular weight excluding hydrogens is 578 g/mol. The lowest BCUT2D eigenvalue weighted by molar-refractivity contribution is -0.143. The summed E-state index contributed by atoms with van der Waals surface area (Å²) in [6.07, 6.45) is -10.3. The highest BCUT2D eigenvalue weighted by molar-refractivity contribution is 7.09. The maximum atomic E-state index is 13.5. The highest BCUT2D eigenvalue weighted by Gasteiger charge is 2.38. The van der Waals surface area contributed by atoms with Crippen LogP contribution in [-0.2, 0) is 35.0 Å². The summed E-state index contributed by atoms with van der Waals surface area (Å²) in [5, 5.41) is 1.82. The van der Waals surface area contributed by atoms with Crippen LogP contribution in [0.3, 0.4) is 0 Å². The van der Waals surface area contributed by atoms with E-state index in [2.05, 4.69) is 0 Å². The molecule has 0 saturated heterocycles. The molecule has 14 heteroatoms. The lowest BCUT2D eigenvalue weighted by Crippen LogP contribution is -2.43. The maximum Gasteiger partial charge on any atom is 0.416 e. The summed E-state index contributed by atoms with van der Waals surface area (Å²) in [6, 6.07) is 9.35. The third-order valence-corrected chi connectivity index (χ3v) is 6.96. The van der Waals surface area contributed by atoms with Gasteiger partial charge < -0.3 is 24.0 Å². The molecule has 0 radical (unpaired) electrons. The Morgan fingerprint density at radius 2 is 1.59 bits per heavy atom. The number of hydrogen-bond acceptors (Lipinski definition) is 6. The molecular formula is C27H24F6N2O5S. The summed E-state index contributed by atoms with van der Waals surface area (Å²) in [4.78, 5) is 30.0. The third kappa shape index (κ3) is 7.70. The molecule has 41 heavy (non-hydrogen) atoms. The smallest absolute Gasteiger partial charge is 0.416 e. The van der Waals surface area contributed by atoms with Crippen molar-refractivity contribution >= 4 is 23.2 Å². The van der Waals surface area contributed by atoms with Crippen molar-refractivity contribution in [3.63, 3.8) is 0 Å². The molecule has 0 saturated carbocycles. The van der Waals surface area contributed by atoms with Crippen LogP contribution in [0.15, 0.2) is 53.9 Å². The lowest BCUT2D eigenvalue weighted by Gasteiger charge is -2.28. The van der Waals surface area contributed by atoms with E-state index in [4.69, 9.17) is 14.2 Å². The van der Waals surface area contributed by atoms with Crippen molar-refractivity contribution in [3.8, 4) is 11.5 Å². The molecule has 2 amide bonds. The van der Waals surface area contributed by atoms with Gasteiger partial charge in [0.15, 0.2) is 11.5 Å². The number of benzene rings is 2. The molecule has 0 N–H and O–H groups in total. The molecule has 2 heterocycles. The predicted octanol–water partition coefficient (Wildman–Crippen LogP) is 5.83. The SMILES string of the molecule is COCCN(CC(=O)N(Cc1ccc2c(c1)OCO2)Cc1cccs1)C(=O)c1cc(C(F)(F)F)cc(C(F)(F)F)c1. The van der Waals surface area contributed by atoms with Gasteiger partial charge in [0, 0.05) is 30.6 Å². The van der Waals surface area contributed by atoms with Gasteiger partial charge >= 0.3 is 12.4 Å². The summed E-state index contributed by atoms with van der Waals surface area (Å²) in [5.41, 5.74) is -3.43. The second-order valence-corrected chi connectivity index (χ2v) is 10.1. The van der Waals surface area contributed by atoms with Crippen LogP contribution >= 0.6 is 11.3 Å². The molecule has 1 aliphatic heterocycles. The normalized spacial score (nSPS) is 12.9. The minimum Gasteiger partial charge on any atom is -0.454 e. The van der Waals surface area contributed by atoms with Crippen molar-refractivity contribution in [2.75, 3.05) is 33.6 Å². The van der Waals surface area contributed by atoms with E-state index in [1.54, 1.807) is 30.3 Å². The largest absolute Gasteiger partial charge is 0.454 e. The van der Waals surface area contributed by atoms with Crippen LogP contribution in [0.1, 0.15) is 31.9 Å². The first-order valence-electron chi connectivity index (χ1n) is 12.1. The van der Waals surface area contributed by atoms with Crippen molar-refractivity contribution in [2.45, 2.75) is 25.4 Å². The van der Waals surface area contributed by atoms with E-state index in [-0.39, 0.29) is 39.1 Å². The Hall–Kier alpha value is -3.78. The Morgan fingerprint density at radius 1 is 0.902 bits per heavy atom. The minimum absolute atomic E-state index is 0.0544. The standard InChI is InChI=1S/C27H24F6N2O5S/c1-38-7-6-34(25(37)18-10-19(26(28,29)30)12-20(11-18)27(31,32)33)15-24(36)35(14-21-3-2-8-41-21)13-17-4-5-22-23(9-17)40-16-39-22/h2-5,8-12H,6-7,13-16H2,1H3. The number of ether oxygens (including phenoxy) is 3. The Bertz CT molecular complexity index is 1350. The number of fused-ring (bicyclic) bond motifs is 1. The molecule has 1 aromatic heterocycles. The van der Waals surface area contributed by atoms with E-state index in [1.807, 2.05) is 5.38 Å². The number of carbonyl (C=O) groups excluding carboxylic acids is 2. The Labute approximate surface area is 234 Å². The van der Waals surface area contributed by atoms with Crippen LogP contribution in [0.2, 0.25) is 0 Å². The number of alkyl halides is 6. The van der Waals surface area contributed by atoms with Crippen molar-refractivity contribution in [2.24, 2.45) is 0 Å². The topological polar surface area (TPSA) is 68.3 Å². The molecule has 7 nitrogen and oxygen atoms in total. The Balaban J connectivity index is 1.62. The van der Waals surface area contributed by atoms with Gasteiger partial charge in [0.2, 0.25) is 12.7 Å². The van der Waals surface area contributed by atoms with E-state index in [1.165, 1.54) is 23.3 Å². The molecule has 0 atom stereocenters. The van der Waals surface area contributed by atoms with E-state index in [9.17, 15) is 35.9 Å². The monoisotopic (exact) mass is 602 g/mol. The average molecular weight is 603 g/mol. The molecule has 0 unspecified atom stereocenters. The third-order valence-electron chi connectivity index (χ3n) is 6.10. The summed E-state index contributed by atoms with van der Waals surface area (Å²) in [6.45, 7) is -0.693. The number of methoxy groups -OCH3 is 1. The fraction of sp³-hybridized carbons (Fsp3) is 0.333. The van der Waals surface area contributed by atoms with Crippen LogP contribution in [0.4, 0.5) is 26.3 Å². The molecule has 0 bridgehead atoms. The van der Waals surface area contributed by atoms with Gasteiger partial charge in [-0.3, -0.25) is 9.59 Å². The molecule has 0 fully saturated rings. The van der Waals surface area contributed by atoms with E-state index < -0.39 is 47.4 Å².